The van der Waals surface area contributed by atoms with E-state index in [1.54, 1.807) is 30.3 Å². The lowest BCUT2D eigenvalue weighted by molar-refractivity contribution is -0.140. The fourth-order valence-electron chi connectivity index (χ4n) is 2.70. The molecule has 6 nitrogen and oxygen atoms in total. The van der Waals surface area contributed by atoms with E-state index in [9.17, 15) is 18.0 Å². The topological polar surface area (TPSA) is 71.8 Å². The van der Waals surface area contributed by atoms with Gasteiger partial charge in [0, 0.05) is 31.4 Å². The van der Waals surface area contributed by atoms with E-state index >= 15 is 0 Å². The molecule has 0 saturated heterocycles. The van der Waals surface area contributed by atoms with E-state index in [4.69, 9.17) is 23.2 Å². The molecule has 0 spiro atoms. The van der Waals surface area contributed by atoms with Gasteiger partial charge in [0.15, 0.2) is 5.69 Å². The lowest BCUT2D eigenvalue weighted by Crippen LogP contribution is -2.14. The summed E-state index contributed by atoms with van der Waals surface area (Å²) in [5.41, 5.74) is 1.45. The van der Waals surface area contributed by atoms with Crippen LogP contribution in [-0.4, -0.2) is 26.3 Å². The minimum Gasteiger partial charge on any atom is -0.379 e. The molecule has 3 aromatic rings. The zero-order chi connectivity index (χ0) is 21.9. The molecule has 0 aliphatic heterocycles. The molecule has 30 heavy (non-hydrogen) atoms. The lowest BCUT2D eigenvalue weighted by Gasteiger charge is -2.13. The van der Waals surface area contributed by atoms with Gasteiger partial charge in [-0.25, -0.2) is 9.97 Å². The zero-order valence-corrected chi connectivity index (χ0v) is 17.1. The average molecular weight is 458 g/mol. The number of amides is 1. The highest BCUT2D eigenvalue weighted by molar-refractivity contribution is 6.30. The SMILES string of the molecule is Cn1cc(C(F)(F)F)nc1-c1ccc(CNc2cc(Cl)ncc2NC(=O)CCl)cc1. The Morgan fingerprint density at radius 2 is 1.90 bits per heavy atom. The van der Waals surface area contributed by atoms with Gasteiger partial charge in [-0.3, -0.25) is 4.79 Å². The molecule has 0 fully saturated rings. The molecule has 3 rings (SSSR count). The van der Waals surface area contributed by atoms with Crippen LogP contribution in [-0.2, 0) is 24.6 Å². The van der Waals surface area contributed by atoms with Crippen LogP contribution in [0.4, 0.5) is 24.5 Å². The predicted octanol–water partition coefficient (Wildman–Crippen LogP) is 4.94. The second-order valence-electron chi connectivity index (χ2n) is 6.34. The molecular formula is C19H16Cl2F3N5O. The van der Waals surface area contributed by atoms with Gasteiger partial charge in [-0.05, 0) is 5.56 Å². The Labute approximate surface area is 180 Å². The van der Waals surface area contributed by atoms with Gasteiger partial charge < -0.3 is 15.2 Å². The number of hydrogen-bond acceptors (Lipinski definition) is 4. The molecule has 158 valence electrons. The number of aromatic nitrogens is 3. The minimum atomic E-state index is -4.50. The maximum atomic E-state index is 12.9. The first-order chi connectivity index (χ1) is 14.2. The third kappa shape index (κ3) is 5.22. The summed E-state index contributed by atoms with van der Waals surface area (Å²) in [7, 11) is 1.51. The molecule has 0 aliphatic rings. The highest BCUT2D eigenvalue weighted by atomic mass is 35.5. The van der Waals surface area contributed by atoms with E-state index < -0.39 is 11.9 Å². The number of halogens is 5. The number of hydrogen-bond donors (Lipinski definition) is 2. The van der Waals surface area contributed by atoms with Gasteiger partial charge in [0.25, 0.3) is 0 Å². The Hall–Kier alpha value is -2.78. The molecule has 2 heterocycles. The average Bonchev–Trinajstić information content (AvgIpc) is 3.10. The second kappa shape index (κ2) is 8.93. The fourth-order valence-corrected chi connectivity index (χ4v) is 2.92. The van der Waals surface area contributed by atoms with Crippen LogP contribution in [0.2, 0.25) is 5.15 Å². The molecule has 11 heteroatoms. The van der Waals surface area contributed by atoms with Crippen LogP contribution >= 0.6 is 23.2 Å². The molecule has 1 amide bonds. The van der Waals surface area contributed by atoms with Crippen molar-refractivity contribution >= 4 is 40.5 Å². The quantitative estimate of drug-likeness (QED) is 0.406. The first-order valence-electron chi connectivity index (χ1n) is 8.62. The summed E-state index contributed by atoms with van der Waals surface area (Å²) in [5, 5.41) is 6.00. The highest BCUT2D eigenvalue weighted by Gasteiger charge is 2.34. The van der Waals surface area contributed by atoms with E-state index in [-0.39, 0.29) is 22.8 Å². The van der Waals surface area contributed by atoms with Gasteiger partial charge in [0.2, 0.25) is 5.91 Å². The second-order valence-corrected chi connectivity index (χ2v) is 7.00. The number of nitrogens with zero attached hydrogens (tertiary/aromatic N) is 3. The molecule has 0 bridgehead atoms. The van der Waals surface area contributed by atoms with Gasteiger partial charge in [0.1, 0.15) is 16.9 Å². The first kappa shape index (κ1) is 21.9. The Bertz CT molecular complexity index is 1050. The van der Waals surface area contributed by atoms with Crippen LogP contribution in [0.1, 0.15) is 11.3 Å². The van der Waals surface area contributed by atoms with Crippen LogP contribution in [0.3, 0.4) is 0 Å². The maximum Gasteiger partial charge on any atom is 0.434 e. The number of pyridine rings is 1. The predicted molar refractivity (Wildman–Crippen MR) is 110 cm³/mol. The van der Waals surface area contributed by atoms with Crippen LogP contribution in [0.25, 0.3) is 11.4 Å². The van der Waals surface area contributed by atoms with Gasteiger partial charge in [-0.2, -0.15) is 13.2 Å². The van der Waals surface area contributed by atoms with Crippen molar-refractivity contribution in [2.45, 2.75) is 12.7 Å². The van der Waals surface area contributed by atoms with Crippen molar-refractivity contribution in [1.82, 2.24) is 14.5 Å². The van der Waals surface area contributed by atoms with E-state index in [1.165, 1.54) is 17.8 Å². The molecule has 2 aromatic heterocycles. The summed E-state index contributed by atoms with van der Waals surface area (Å²) in [6.45, 7) is 0.374. The largest absolute Gasteiger partial charge is 0.434 e. The number of carbonyl (C=O) groups is 1. The summed E-state index contributed by atoms with van der Waals surface area (Å²) in [6.07, 6.45) is -2.13. The fraction of sp³-hybridized carbons (Fsp3) is 0.211. The first-order valence-corrected chi connectivity index (χ1v) is 9.53. The van der Waals surface area contributed by atoms with Crippen LogP contribution in [0.15, 0.2) is 42.7 Å². The molecule has 1 aromatic carbocycles. The van der Waals surface area contributed by atoms with E-state index in [1.807, 2.05) is 0 Å². The minimum absolute atomic E-state index is 0.202. The summed E-state index contributed by atoms with van der Waals surface area (Å²) in [6, 6.07) is 8.48. The van der Waals surface area contributed by atoms with Crippen molar-refractivity contribution < 1.29 is 18.0 Å². The normalized spacial score (nSPS) is 11.4. The third-order valence-electron chi connectivity index (χ3n) is 4.13. The Balaban J connectivity index is 1.74. The third-order valence-corrected chi connectivity index (χ3v) is 4.58. The van der Waals surface area contributed by atoms with Crippen molar-refractivity contribution in [3.63, 3.8) is 0 Å². The van der Waals surface area contributed by atoms with Crippen LogP contribution < -0.4 is 10.6 Å². The Morgan fingerprint density at radius 3 is 2.50 bits per heavy atom. The number of anilines is 2. The summed E-state index contributed by atoms with van der Waals surface area (Å²) in [4.78, 5) is 19.2. The van der Waals surface area contributed by atoms with Gasteiger partial charge in [-0.15, -0.1) is 11.6 Å². The molecule has 2 N–H and O–H groups in total. The Morgan fingerprint density at radius 1 is 1.20 bits per heavy atom. The van der Waals surface area contributed by atoms with Crippen molar-refractivity contribution in [3.8, 4) is 11.4 Å². The number of alkyl halides is 4. The van der Waals surface area contributed by atoms with Gasteiger partial charge in [0.05, 0.1) is 17.6 Å². The van der Waals surface area contributed by atoms with Crippen LogP contribution in [0, 0.1) is 0 Å². The molecule has 0 aliphatic carbocycles. The van der Waals surface area contributed by atoms with E-state index in [2.05, 4.69) is 20.6 Å². The number of rotatable bonds is 6. The molecule has 0 saturated carbocycles. The van der Waals surface area contributed by atoms with E-state index in [0.717, 1.165) is 11.8 Å². The van der Waals surface area contributed by atoms with Gasteiger partial charge >= 0.3 is 6.18 Å². The lowest BCUT2D eigenvalue weighted by atomic mass is 10.1. The zero-order valence-electron chi connectivity index (χ0n) is 15.6. The van der Waals surface area contributed by atoms with E-state index in [0.29, 0.717) is 23.5 Å². The van der Waals surface area contributed by atoms with Crippen molar-refractivity contribution in [2.75, 3.05) is 16.5 Å². The van der Waals surface area contributed by atoms with Crippen molar-refractivity contribution in [3.05, 3.63) is 59.1 Å². The summed E-state index contributed by atoms with van der Waals surface area (Å²) in [5.74, 6) is -0.373. The summed E-state index contributed by atoms with van der Waals surface area (Å²) >= 11 is 11.4. The standard InChI is InChI=1S/C19H16Cl2F3N5O/c1-29-10-15(19(22,23)24)28-18(29)12-4-2-11(3-5-12)8-25-13-6-16(21)26-9-14(13)27-17(30)7-20/h2-6,9-10H,7-8H2,1H3,(H,25,26)(H,27,30). The Kier molecular flexibility index (Phi) is 6.52. The molecule has 0 radical (unpaired) electrons. The molecule has 0 atom stereocenters. The number of carbonyl (C=O) groups excluding carboxylic acids is 1. The molecule has 0 unspecified atom stereocenters. The smallest absolute Gasteiger partial charge is 0.379 e. The monoisotopic (exact) mass is 457 g/mol. The highest BCUT2D eigenvalue weighted by Crippen LogP contribution is 2.31. The number of nitrogens with one attached hydrogen (secondary N) is 2. The number of benzene rings is 1. The van der Waals surface area contributed by atoms with Crippen LogP contribution in [0.5, 0.6) is 0 Å². The summed E-state index contributed by atoms with van der Waals surface area (Å²) < 4.78 is 39.9. The maximum absolute atomic E-state index is 12.9. The molecular weight excluding hydrogens is 442 g/mol. The van der Waals surface area contributed by atoms with Crippen molar-refractivity contribution in [1.29, 1.82) is 0 Å². The number of aryl methyl sites for hydroxylation is 1. The number of imidazole rings is 1. The van der Waals surface area contributed by atoms with Gasteiger partial charge in [-0.1, -0.05) is 35.9 Å². The van der Waals surface area contributed by atoms with Crippen molar-refractivity contribution in [2.24, 2.45) is 7.05 Å².